The Morgan fingerprint density at radius 2 is 2.15 bits per heavy atom. The first-order valence-electron chi connectivity index (χ1n) is 7.50. The average molecular weight is 296 g/mol. The summed E-state index contributed by atoms with van der Waals surface area (Å²) in [7, 11) is 1.74. The lowest BCUT2D eigenvalue weighted by atomic mass is 9.78. The van der Waals surface area contributed by atoms with Crippen LogP contribution in [0.4, 0.5) is 0 Å². The van der Waals surface area contributed by atoms with Gasteiger partial charge in [0.05, 0.1) is 6.61 Å². The number of ether oxygens (including phenoxy) is 1. The van der Waals surface area contributed by atoms with Crippen LogP contribution in [-0.2, 0) is 11.2 Å². The molecule has 1 fully saturated rings. The number of benzene rings is 1. The van der Waals surface area contributed by atoms with E-state index in [0.29, 0.717) is 5.41 Å². The fraction of sp³-hybridized carbons (Fsp3) is 0.647. The summed E-state index contributed by atoms with van der Waals surface area (Å²) >= 11 is 6.40. The Morgan fingerprint density at radius 1 is 1.40 bits per heavy atom. The van der Waals surface area contributed by atoms with E-state index >= 15 is 0 Å². The van der Waals surface area contributed by atoms with Crippen LogP contribution in [0.3, 0.4) is 0 Å². The second kappa shape index (κ2) is 6.93. The SMILES string of the molecule is COCCNCC(C)(Cc1ccc(C)cc1Cl)C1CC1. The van der Waals surface area contributed by atoms with E-state index < -0.39 is 0 Å². The van der Waals surface area contributed by atoms with Gasteiger partial charge in [-0.3, -0.25) is 0 Å². The van der Waals surface area contributed by atoms with E-state index in [0.717, 1.165) is 37.1 Å². The smallest absolute Gasteiger partial charge is 0.0587 e. The third-order valence-corrected chi connectivity index (χ3v) is 4.73. The zero-order chi connectivity index (χ0) is 14.6. The highest BCUT2D eigenvalue weighted by Crippen LogP contribution is 2.47. The quantitative estimate of drug-likeness (QED) is 0.736. The van der Waals surface area contributed by atoms with Crippen molar-refractivity contribution in [3.05, 3.63) is 34.3 Å². The number of hydrogen-bond donors (Lipinski definition) is 1. The number of halogens is 1. The van der Waals surface area contributed by atoms with Crippen molar-refractivity contribution in [3.8, 4) is 0 Å². The molecule has 1 aliphatic carbocycles. The van der Waals surface area contributed by atoms with Gasteiger partial charge in [-0.2, -0.15) is 0 Å². The summed E-state index contributed by atoms with van der Waals surface area (Å²) in [4.78, 5) is 0. The van der Waals surface area contributed by atoms with Gasteiger partial charge in [-0.15, -0.1) is 0 Å². The van der Waals surface area contributed by atoms with Gasteiger partial charge in [0.25, 0.3) is 0 Å². The molecule has 1 aliphatic rings. The normalized spacial score (nSPS) is 18.0. The van der Waals surface area contributed by atoms with Crippen LogP contribution in [-0.4, -0.2) is 26.8 Å². The van der Waals surface area contributed by atoms with E-state index in [1.165, 1.54) is 24.0 Å². The van der Waals surface area contributed by atoms with Crippen LogP contribution in [0.5, 0.6) is 0 Å². The molecule has 0 saturated heterocycles. The van der Waals surface area contributed by atoms with Gasteiger partial charge in [0.1, 0.15) is 0 Å². The standard InChI is InChI=1S/C17H26ClNO/c1-13-4-5-14(16(18)10-13)11-17(2,15-6-7-15)12-19-8-9-20-3/h4-5,10,15,19H,6-9,11-12H2,1-3H3. The fourth-order valence-electron chi connectivity index (χ4n) is 2.91. The highest BCUT2D eigenvalue weighted by atomic mass is 35.5. The summed E-state index contributed by atoms with van der Waals surface area (Å²) in [5, 5.41) is 4.44. The van der Waals surface area contributed by atoms with Crippen molar-refractivity contribution in [1.82, 2.24) is 5.32 Å². The Balaban J connectivity index is 2.00. The Morgan fingerprint density at radius 3 is 2.75 bits per heavy atom. The maximum absolute atomic E-state index is 6.40. The first-order chi connectivity index (χ1) is 9.55. The van der Waals surface area contributed by atoms with Crippen LogP contribution in [0.15, 0.2) is 18.2 Å². The molecule has 0 radical (unpaired) electrons. The van der Waals surface area contributed by atoms with Crippen molar-refractivity contribution in [1.29, 1.82) is 0 Å². The molecule has 0 bridgehead atoms. The minimum atomic E-state index is 0.298. The molecule has 1 unspecified atom stereocenters. The van der Waals surface area contributed by atoms with E-state index in [1.807, 2.05) is 0 Å². The highest BCUT2D eigenvalue weighted by Gasteiger charge is 2.41. The first-order valence-corrected chi connectivity index (χ1v) is 7.87. The van der Waals surface area contributed by atoms with Gasteiger partial charge >= 0.3 is 0 Å². The Hall–Kier alpha value is -0.570. The van der Waals surface area contributed by atoms with E-state index in [4.69, 9.17) is 16.3 Å². The third-order valence-electron chi connectivity index (χ3n) is 4.38. The van der Waals surface area contributed by atoms with Gasteiger partial charge in [-0.1, -0.05) is 30.7 Å². The molecule has 1 atom stereocenters. The Kier molecular flexibility index (Phi) is 5.48. The monoisotopic (exact) mass is 295 g/mol. The molecule has 0 heterocycles. The zero-order valence-corrected chi connectivity index (χ0v) is 13.6. The summed E-state index contributed by atoms with van der Waals surface area (Å²) in [6.45, 7) is 7.19. The second-order valence-electron chi connectivity index (χ2n) is 6.37. The summed E-state index contributed by atoms with van der Waals surface area (Å²) in [5.41, 5.74) is 2.80. The summed E-state index contributed by atoms with van der Waals surface area (Å²) < 4.78 is 5.10. The number of rotatable bonds is 8. The molecule has 0 aromatic heterocycles. The molecule has 0 aliphatic heterocycles. The fourth-order valence-corrected chi connectivity index (χ4v) is 3.21. The molecule has 0 amide bonds. The van der Waals surface area contributed by atoms with Crippen molar-refractivity contribution < 1.29 is 4.74 Å². The number of hydrogen-bond acceptors (Lipinski definition) is 2. The number of nitrogens with one attached hydrogen (secondary N) is 1. The molecule has 1 N–H and O–H groups in total. The molecule has 1 saturated carbocycles. The van der Waals surface area contributed by atoms with Crippen molar-refractivity contribution in [2.24, 2.45) is 11.3 Å². The Bertz CT molecular complexity index is 445. The largest absolute Gasteiger partial charge is 0.383 e. The van der Waals surface area contributed by atoms with E-state index in [1.54, 1.807) is 7.11 Å². The van der Waals surface area contributed by atoms with Crippen LogP contribution in [0.1, 0.15) is 30.9 Å². The van der Waals surface area contributed by atoms with Crippen LogP contribution in [0, 0.1) is 18.3 Å². The predicted octanol–water partition coefficient (Wildman–Crippen LogP) is 3.84. The third kappa shape index (κ3) is 4.21. The molecule has 0 spiro atoms. The van der Waals surface area contributed by atoms with Crippen LogP contribution < -0.4 is 5.32 Å². The molecule has 3 heteroatoms. The number of aryl methyl sites for hydroxylation is 1. The van der Waals surface area contributed by atoms with Crippen LogP contribution in [0.25, 0.3) is 0 Å². The van der Waals surface area contributed by atoms with Gasteiger partial charge in [0.15, 0.2) is 0 Å². The maximum Gasteiger partial charge on any atom is 0.0587 e. The zero-order valence-electron chi connectivity index (χ0n) is 12.8. The lowest BCUT2D eigenvalue weighted by Crippen LogP contribution is -2.37. The summed E-state index contributed by atoms with van der Waals surface area (Å²) in [6, 6.07) is 6.42. The van der Waals surface area contributed by atoms with Crippen LogP contribution >= 0.6 is 11.6 Å². The highest BCUT2D eigenvalue weighted by molar-refractivity contribution is 6.31. The molecular weight excluding hydrogens is 270 g/mol. The van der Waals surface area contributed by atoms with Gasteiger partial charge in [0, 0.05) is 25.2 Å². The summed E-state index contributed by atoms with van der Waals surface area (Å²) in [6.07, 6.45) is 3.76. The maximum atomic E-state index is 6.40. The van der Waals surface area contributed by atoms with E-state index in [-0.39, 0.29) is 0 Å². The lowest BCUT2D eigenvalue weighted by Gasteiger charge is -2.31. The molecule has 20 heavy (non-hydrogen) atoms. The van der Waals surface area contributed by atoms with Crippen molar-refractivity contribution in [2.45, 2.75) is 33.1 Å². The van der Waals surface area contributed by atoms with E-state index in [2.05, 4.69) is 37.4 Å². The summed E-state index contributed by atoms with van der Waals surface area (Å²) in [5.74, 6) is 0.829. The van der Waals surface area contributed by atoms with Gasteiger partial charge < -0.3 is 10.1 Å². The number of methoxy groups -OCH3 is 1. The van der Waals surface area contributed by atoms with Gasteiger partial charge in [0.2, 0.25) is 0 Å². The van der Waals surface area contributed by atoms with Gasteiger partial charge in [-0.05, 0) is 54.7 Å². The second-order valence-corrected chi connectivity index (χ2v) is 6.78. The molecular formula is C17H26ClNO. The minimum Gasteiger partial charge on any atom is -0.383 e. The van der Waals surface area contributed by atoms with Crippen molar-refractivity contribution in [2.75, 3.05) is 26.8 Å². The van der Waals surface area contributed by atoms with Gasteiger partial charge in [-0.25, -0.2) is 0 Å². The first kappa shape index (κ1) is 15.8. The average Bonchev–Trinajstić information content (AvgIpc) is 3.23. The minimum absolute atomic E-state index is 0.298. The molecule has 2 nitrogen and oxygen atoms in total. The predicted molar refractivity (Wildman–Crippen MR) is 85.5 cm³/mol. The van der Waals surface area contributed by atoms with E-state index in [9.17, 15) is 0 Å². The molecule has 2 rings (SSSR count). The molecule has 1 aromatic rings. The van der Waals surface area contributed by atoms with Crippen LogP contribution in [0.2, 0.25) is 5.02 Å². The lowest BCUT2D eigenvalue weighted by molar-refractivity contribution is 0.187. The van der Waals surface area contributed by atoms with Crippen molar-refractivity contribution in [3.63, 3.8) is 0 Å². The Labute approximate surface area is 127 Å². The van der Waals surface area contributed by atoms with Crippen molar-refractivity contribution >= 4 is 11.6 Å². The topological polar surface area (TPSA) is 21.3 Å². The molecule has 112 valence electrons. The molecule has 1 aromatic carbocycles.